The largest absolute Gasteiger partial charge is 0.360 e. The van der Waals surface area contributed by atoms with Crippen molar-refractivity contribution >= 4 is 21.8 Å². The highest BCUT2D eigenvalue weighted by atomic mass is 16.7. The van der Waals surface area contributed by atoms with Crippen LogP contribution in [0.3, 0.4) is 0 Å². The molecule has 0 amide bonds. The van der Waals surface area contributed by atoms with E-state index in [1.54, 1.807) is 12.4 Å². The number of para-hydroxylation sites is 2. The van der Waals surface area contributed by atoms with Crippen LogP contribution in [0.2, 0.25) is 0 Å². The first-order chi connectivity index (χ1) is 14.2. The fourth-order valence-corrected chi connectivity index (χ4v) is 3.13. The molecule has 0 fully saturated rings. The van der Waals surface area contributed by atoms with E-state index < -0.39 is 6.41 Å². The van der Waals surface area contributed by atoms with Crippen LogP contribution in [-0.2, 0) is 9.47 Å². The van der Waals surface area contributed by atoms with E-state index in [4.69, 9.17) is 20.0 Å². The molecule has 0 radical (unpaired) electrons. The lowest BCUT2D eigenvalue weighted by molar-refractivity contribution is -0.183. The minimum Gasteiger partial charge on any atom is -0.360 e. The normalized spacial score (nSPS) is 10.5. The third kappa shape index (κ3) is 4.30. The molecule has 0 saturated heterocycles. The van der Waals surface area contributed by atoms with Gasteiger partial charge in [0.15, 0.2) is 0 Å². The van der Waals surface area contributed by atoms with Crippen molar-refractivity contribution in [1.29, 1.82) is 10.5 Å². The van der Waals surface area contributed by atoms with Crippen molar-refractivity contribution in [3.8, 4) is 12.1 Å². The van der Waals surface area contributed by atoms with Gasteiger partial charge in [0.1, 0.15) is 12.1 Å². The highest BCUT2D eigenvalue weighted by Gasteiger charge is 2.16. The third-order valence-electron chi connectivity index (χ3n) is 4.42. The lowest BCUT2D eigenvalue weighted by atomic mass is 10.2. The molecule has 4 rings (SSSR count). The Hall–Kier alpha value is -3.58. The Balaban J connectivity index is 0.000000186. The summed E-state index contributed by atoms with van der Waals surface area (Å²) in [6.45, 7) is 4.95. The molecular weight excluding hydrogens is 364 g/mol. The molecule has 0 saturated carbocycles. The fraction of sp³-hybridized carbons (Fsp3) is 0.217. The summed E-state index contributed by atoms with van der Waals surface area (Å²) in [6.07, 6.45) is 3.03. The summed E-state index contributed by atoms with van der Waals surface area (Å²) in [5.74, 6) is 0. The Morgan fingerprint density at radius 1 is 0.897 bits per heavy atom. The van der Waals surface area contributed by atoms with Crippen LogP contribution in [0, 0.1) is 22.7 Å². The van der Waals surface area contributed by atoms with Gasteiger partial charge in [-0.2, -0.15) is 10.5 Å². The lowest BCUT2D eigenvalue weighted by Crippen LogP contribution is -2.15. The summed E-state index contributed by atoms with van der Waals surface area (Å²) in [7, 11) is 0. The van der Waals surface area contributed by atoms with Gasteiger partial charge in [-0.25, -0.2) is 0 Å². The Morgan fingerprint density at radius 2 is 1.52 bits per heavy atom. The number of aromatic amines is 1. The number of hydrogen-bond acceptors (Lipinski definition) is 4. The van der Waals surface area contributed by atoms with E-state index in [-0.39, 0.29) is 0 Å². The van der Waals surface area contributed by atoms with Crippen molar-refractivity contribution < 1.29 is 9.47 Å². The SMILES string of the molecule is CCOC(OCC)n1cc(C#N)c2ccccc21.N#Cc1c[nH]c2ccccc12. The number of fused-ring (bicyclic) bond motifs is 2. The first kappa shape index (κ1) is 20.2. The summed E-state index contributed by atoms with van der Waals surface area (Å²) in [6, 6.07) is 19.8. The highest BCUT2D eigenvalue weighted by Crippen LogP contribution is 2.25. The van der Waals surface area contributed by atoms with Crippen LogP contribution < -0.4 is 0 Å². The van der Waals surface area contributed by atoms with Crippen molar-refractivity contribution in [2.45, 2.75) is 20.3 Å². The molecule has 0 spiro atoms. The molecule has 0 atom stereocenters. The van der Waals surface area contributed by atoms with Crippen LogP contribution in [0.1, 0.15) is 31.4 Å². The van der Waals surface area contributed by atoms with Crippen LogP contribution in [0.4, 0.5) is 0 Å². The number of nitrogens with one attached hydrogen (secondary N) is 1. The topological polar surface area (TPSA) is 86.8 Å². The van der Waals surface area contributed by atoms with Crippen molar-refractivity contribution in [3.05, 3.63) is 72.1 Å². The number of ether oxygens (including phenoxy) is 2. The molecule has 1 N–H and O–H groups in total. The zero-order chi connectivity index (χ0) is 20.6. The molecule has 4 aromatic rings. The van der Waals surface area contributed by atoms with Gasteiger partial charge < -0.3 is 14.5 Å². The molecule has 0 unspecified atom stereocenters. The molecular formula is C23H22N4O2. The van der Waals surface area contributed by atoms with Gasteiger partial charge in [-0.3, -0.25) is 4.57 Å². The average molecular weight is 386 g/mol. The van der Waals surface area contributed by atoms with Gasteiger partial charge in [-0.05, 0) is 26.0 Å². The third-order valence-corrected chi connectivity index (χ3v) is 4.42. The van der Waals surface area contributed by atoms with Gasteiger partial charge in [0.25, 0.3) is 0 Å². The van der Waals surface area contributed by atoms with E-state index in [2.05, 4.69) is 17.1 Å². The van der Waals surface area contributed by atoms with Crippen LogP contribution >= 0.6 is 0 Å². The number of H-pyrrole nitrogens is 1. The van der Waals surface area contributed by atoms with Crippen molar-refractivity contribution in [1.82, 2.24) is 9.55 Å². The smallest absolute Gasteiger partial charge is 0.244 e. The number of benzene rings is 2. The fourth-order valence-electron chi connectivity index (χ4n) is 3.13. The Kier molecular flexibility index (Phi) is 6.65. The highest BCUT2D eigenvalue weighted by molar-refractivity contribution is 5.86. The van der Waals surface area contributed by atoms with Gasteiger partial charge in [0, 0.05) is 41.9 Å². The van der Waals surface area contributed by atoms with Crippen LogP contribution in [-0.4, -0.2) is 22.8 Å². The van der Waals surface area contributed by atoms with Crippen LogP contribution in [0.25, 0.3) is 21.8 Å². The Bertz CT molecular complexity index is 1170. The first-order valence-corrected chi connectivity index (χ1v) is 9.42. The van der Waals surface area contributed by atoms with E-state index in [9.17, 15) is 0 Å². The van der Waals surface area contributed by atoms with E-state index in [1.807, 2.05) is 66.9 Å². The van der Waals surface area contributed by atoms with Crippen molar-refractivity contribution in [2.24, 2.45) is 0 Å². The maximum absolute atomic E-state index is 9.15. The first-order valence-electron chi connectivity index (χ1n) is 9.42. The summed E-state index contributed by atoms with van der Waals surface area (Å²) in [5, 5.41) is 19.7. The zero-order valence-corrected chi connectivity index (χ0v) is 16.4. The molecule has 6 nitrogen and oxygen atoms in total. The van der Waals surface area contributed by atoms with Crippen LogP contribution in [0.5, 0.6) is 0 Å². The molecule has 0 bridgehead atoms. The number of aromatic nitrogens is 2. The predicted molar refractivity (Wildman–Crippen MR) is 112 cm³/mol. The summed E-state index contributed by atoms with van der Waals surface area (Å²) < 4.78 is 13.0. The van der Waals surface area contributed by atoms with E-state index in [1.165, 1.54) is 0 Å². The molecule has 6 heteroatoms. The molecule has 0 aliphatic heterocycles. The monoisotopic (exact) mass is 386 g/mol. The summed E-state index contributed by atoms with van der Waals surface area (Å²) >= 11 is 0. The average Bonchev–Trinajstić information content (AvgIpc) is 3.35. The number of rotatable bonds is 5. The Morgan fingerprint density at radius 3 is 2.17 bits per heavy atom. The summed E-state index contributed by atoms with van der Waals surface area (Å²) in [4.78, 5) is 3.02. The van der Waals surface area contributed by atoms with Gasteiger partial charge >= 0.3 is 0 Å². The van der Waals surface area contributed by atoms with Crippen molar-refractivity contribution in [2.75, 3.05) is 13.2 Å². The quantitative estimate of drug-likeness (QED) is 0.485. The molecule has 146 valence electrons. The molecule has 0 aliphatic rings. The lowest BCUT2D eigenvalue weighted by Gasteiger charge is -2.19. The maximum atomic E-state index is 9.15. The zero-order valence-electron chi connectivity index (χ0n) is 16.4. The molecule has 2 aromatic heterocycles. The molecule has 2 aromatic carbocycles. The standard InChI is InChI=1S/C14H16N2O2.C9H6N2/c1-3-17-14(18-4-2)16-10-11(9-15)12-7-5-6-8-13(12)16;10-5-7-6-11-9-4-2-1-3-8(7)9/h5-8,10,14H,3-4H2,1-2H3;1-4,6,11H. The van der Waals surface area contributed by atoms with Crippen LogP contribution in [0.15, 0.2) is 60.9 Å². The van der Waals surface area contributed by atoms with E-state index in [0.29, 0.717) is 24.3 Å². The maximum Gasteiger partial charge on any atom is 0.244 e. The van der Waals surface area contributed by atoms with Gasteiger partial charge in [0.05, 0.1) is 16.6 Å². The molecule has 2 heterocycles. The number of nitrogens with zero attached hydrogens (tertiary/aromatic N) is 3. The second-order valence-corrected chi connectivity index (χ2v) is 6.16. The van der Waals surface area contributed by atoms with Crippen molar-refractivity contribution in [3.63, 3.8) is 0 Å². The minimum absolute atomic E-state index is 0.480. The van der Waals surface area contributed by atoms with E-state index in [0.717, 1.165) is 21.8 Å². The van der Waals surface area contributed by atoms with E-state index >= 15 is 0 Å². The number of hydrogen-bond donors (Lipinski definition) is 1. The number of nitriles is 2. The minimum atomic E-state index is -0.480. The van der Waals surface area contributed by atoms with Gasteiger partial charge in [-0.15, -0.1) is 0 Å². The second-order valence-electron chi connectivity index (χ2n) is 6.16. The molecule has 29 heavy (non-hydrogen) atoms. The molecule has 0 aliphatic carbocycles. The Labute approximate surface area is 169 Å². The van der Waals surface area contributed by atoms with Gasteiger partial charge in [-0.1, -0.05) is 36.4 Å². The summed E-state index contributed by atoms with van der Waals surface area (Å²) in [5.41, 5.74) is 3.31. The van der Waals surface area contributed by atoms with Gasteiger partial charge in [0.2, 0.25) is 6.41 Å². The predicted octanol–water partition coefficient (Wildman–Crippen LogP) is 5.08. The second kappa shape index (κ2) is 9.57.